The van der Waals surface area contributed by atoms with Crippen molar-refractivity contribution in [3.63, 3.8) is 0 Å². The molecule has 0 aromatic heterocycles. The van der Waals surface area contributed by atoms with E-state index in [0.29, 0.717) is 0 Å². The van der Waals surface area contributed by atoms with Crippen molar-refractivity contribution in [2.75, 3.05) is 5.33 Å². The molecule has 0 amide bonds. The molecule has 1 nitrogen and oxygen atoms in total. The van der Waals surface area contributed by atoms with Crippen LogP contribution >= 0.6 is 15.9 Å². The molecule has 1 N–H and O–H groups in total. The highest BCUT2D eigenvalue weighted by atomic mass is 79.9. The molecule has 1 aromatic carbocycles. The molecule has 0 saturated carbocycles. The van der Waals surface area contributed by atoms with Crippen LogP contribution < -0.4 is 0 Å². The first-order valence-electron chi connectivity index (χ1n) is 3.23. The molecular weight excluding hydrogens is 228 g/mol. The van der Waals surface area contributed by atoms with E-state index in [4.69, 9.17) is 5.41 Å². The Kier molecular flexibility index (Phi) is 2.92. The fourth-order valence-electron chi connectivity index (χ4n) is 0.805. The van der Waals surface area contributed by atoms with Crippen molar-refractivity contribution in [1.82, 2.24) is 0 Å². The summed E-state index contributed by atoms with van der Waals surface area (Å²) in [5.41, 5.74) is 0.428. The summed E-state index contributed by atoms with van der Waals surface area (Å²) in [5.74, 6) is -1.31. The van der Waals surface area contributed by atoms with Gasteiger partial charge in [0.05, 0.1) is 0 Å². The second-order valence-electron chi connectivity index (χ2n) is 2.27. The summed E-state index contributed by atoms with van der Waals surface area (Å²) in [7, 11) is 0. The quantitative estimate of drug-likeness (QED) is 0.600. The summed E-state index contributed by atoms with van der Waals surface area (Å²) in [6.07, 6.45) is 0. The predicted octanol–water partition coefficient (Wildman–Crippen LogP) is 2.73. The van der Waals surface area contributed by atoms with Crippen LogP contribution in [-0.2, 0) is 0 Å². The average molecular weight is 234 g/mol. The number of halogens is 3. The van der Waals surface area contributed by atoms with Crippen LogP contribution in [0, 0.1) is 17.0 Å². The zero-order valence-corrected chi connectivity index (χ0v) is 7.66. The van der Waals surface area contributed by atoms with E-state index in [1.54, 1.807) is 0 Å². The van der Waals surface area contributed by atoms with Gasteiger partial charge < -0.3 is 5.41 Å². The lowest BCUT2D eigenvalue weighted by atomic mass is 10.1. The largest absolute Gasteiger partial charge is 0.304 e. The smallest absolute Gasteiger partial charge is 0.126 e. The fraction of sp³-hybridized carbons (Fsp3) is 0.125. The molecule has 0 heterocycles. The van der Waals surface area contributed by atoms with Crippen molar-refractivity contribution in [3.8, 4) is 0 Å². The van der Waals surface area contributed by atoms with Gasteiger partial charge in [0.25, 0.3) is 0 Å². The van der Waals surface area contributed by atoms with Crippen LogP contribution in [0.2, 0.25) is 0 Å². The maximum atomic E-state index is 12.6. The predicted molar refractivity (Wildman–Crippen MR) is 47.0 cm³/mol. The monoisotopic (exact) mass is 233 g/mol. The summed E-state index contributed by atoms with van der Waals surface area (Å²) >= 11 is 3.03. The highest BCUT2D eigenvalue weighted by molar-refractivity contribution is 9.09. The molecule has 0 aliphatic carbocycles. The van der Waals surface area contributed by atoms with Gasteiger partial charge in [-0.1, -0.05) is 15.9 Å². The molecule has 12 heavy (non-hydrogen) atoms. The molecule has 0 radical (unpaired) electrons. The number of nitrogens with one attached hydrogen (secondary N) is 1. The van der Waals surface area contributed by atoms with Crippen LogP contribution in [-0.4, -0.2) is 11.0 Å². The fourth-order valence-corrected chi connectivity index (χ4v) is 1.13. The third-order valence-corrected chi connectivity index (χ3v) is 1.91. The third-order valence-electron chi connectivity index (χ3n) is 1.34. The van der Waals surface area contributed by atoms with Gasteiger partial charge in [0.1, 0.15) is 11.6 Å². The van der Waals surface area contributed by atoms with Gasteiger partial charge in [0.15, 0.2) is 0 Å². The molecule has 1 rings (SSSR count). The highest BCUT2D eigenvalue weighted by Gasteiger charge is 2.03. The summed E-state index contributed by atoms with van der Waals surface area (Å²) in [6, 6.07) is 3.05. The maximum absolute atomic E-state index is 12.6. The van der Waals surface area contributed by atoms with E-state index in [-0.39, 0.29) is 16.6 Å². The lowest BCUT2D eigenvalue weighted by molar-refractivity contribution is 0.583. The summed E-state index contributed by atoms with van der Waals surface area (Å²) in [4.78, 5) is 0. The lowest BCUT2D eigenvalue weighted by Gasteiger charge is -1.99. The van der Waals surface area contributed by atoms with Crippen LogP contribution in [0.3, 0.4) is 0 Å². The minimum atomic E-state index is -0.657. The first-order valence-corrected chi connectivity index (χ1v) is 4.35. The molecule has 64 valence electrons. The first-order chi connectivity index (χ1) is 5.63. The molecular formula is C8H6BrF2N. The number of rotatable bonds is 2. The van der Waals surface area contributed by atoms with Crippen molar-refractivity contribution in [1.29, 1.82) is 5.41 Å². The van der Waals surface area contributed by atoms with Crippen LogP contribution in [0.4, 0.5) is 8.78 Å². The number of alkyl halides is 1. The zero-order valence-electron chi connectivity index (χ0n) is 6.07. The lowest BCUT2D eigenvalue weighted by Crippen LogP contribution is -2.01. The van der Waals surface area contributed by atoms with E-state index in [9.17, 15) is 8.78 Å². The minimum Gasteiger partial charge on any atom is -0.304 e. The van der Waals surface area contributed by atoms with Gasteiger partial charge in [-0.3, -0.25) is 0 Å². The Bertz CT molecular complexity index is 292. The third kappa shape index (κ3) is 2.11. The Labute approximate surface area is 77.0 Å². The highest BCUT2D eigenvalue weighted by Crippen LogP contribution is 2.09. The topological polar surface area (TPSA) is 23.9 Å². The minimum absolute atomic E-state index is 0.161. The van der Waals surface area contributed by atoms with Crippen molar-refractivity contribution in [3.05, 3.63) is 35.4 Å². The number of hydrogen-bond acceptors (Lipinski definition) is 1. The SMILES string of the molecule is N=C(CBr)c1cc(F)cc(F)c1. The molecule has 0 spiro atoms. The van der Waals surface area contributed by atoms with E-state index in [1.165, 1.54) is 0 Å². The first kappa shape index (κ1) is 9.32. The Morgan fingerprint density at radius 2 is 1.75 bits per heavy atom. The summed E-state index contributed by atoms with van der Waals surface area (Å²) in [6.45, 7) is 0. The van der Waals surface area contributed by atoms with Crippen molar-refractivity contribution < 1.29 is 8.78 Å². The van der Waals surface area contributed by atoms with E-state index < -0.39 is 11.6 Å². The Balaban J connectivity index is 3.08. The van der Waals surface area contributed by atoms with Crippen molar-refractivity contribution in [2.45, 2.75) is 0 Å². The van der Waals surface area contributed by atoms with Crippen molar-refractivity contribution >= 4 is 21.6 Å². The van der Waals surface area contributed by atoms with E-state index in [1.807, 2.05) is 0 Å². The molecule has 0 atom stereocenters. The van der Waals surface area contributed by atoms with E-state index >= 15 is 0 Å². The average Bonchev–Trinajstić information content (AvgIpc) is 2.01. The summed E-state index contributed by atoms with van der Waals surface area (Å²) < 4.78 is 25.1. The molecule has 0 unspecified atom stereocenters. The van der Waals surface area contributed by atoms with Crippen LogP contribution in [0.15, 0.2) is 18.2 Å². The number of benzene rings is 1. The van der Waals surface area contributed by atoms with E-state index in [0.717, 1.165) is 18.2 Å². The Morgan fingerprint density at radius 1 is 1.25 bits per heavy atom. The number of hydrogen-bond donors (Lipinski definition) is 1. The zero-order chi connectivity index (χ0) is 9.14. The second kappa shape index (κ2) is 3.76. The molecule has 0 aliphatic heterocycles. The van der Waals surface area contributed by atoms with Crippen LogP contribution in [0.25, 0.3) is 0 Å². The molecule has 0 aliphatic rings. The van der Waals surface area contributed by atoms with Gasteiger partial charge in [-0.05, 0) is 12.1 Å². The molecule has 0 bridgehead atoms. The van der Waals surface area contributed by atoms with Gasteiger partial charge in [-0.25, -0.2) is 8.78 Å². The Hall–Kier alpha value is -0.770. The normalized spacial score (nSPS) is 9.92. The van der Waals surface area contributed by atoms with Gasteiger partial charge in [0.2, 0.25) is 0 Å². The van der Waals surface area contributed by atoms with Crippen molar-refractivity contribution in [2.24, 2.45) is 0 Å². The van der Waals surface area contributed by atoms with E-state index in [2.05, 4.69) is 15.9 Å². The molecule has 0 saturated heterocycles. The van der Waals surface area contributed by atoms with Gasteiger partial charge in [0, 0.05) is 22.7 Å². The Morgan fingerprint density at radius 3 is 2.17 bits per heavy atom. The molecule has 4 heteroatoms. The summed E-state index contributed by atoms with van der Waals surface area (Å²) in [5, 5.41) is 7.58. The van der Waals surface area contributed by atoms with Crippen LogP contribution in [0.1, 0.15) is 5.56 Å². The second-order valence-corrected chi connectivity index (χ2v) is 2.83. The van der Waals surface area contributed by atoms with Gasteiger partial charge in [-0.15, -0.1) is 0 Å². The maximum Gasteiger partial charge on any atom is 0.126 e. The van der Waals surface area contributed by atoms with Gasteiger partial charge >= 0.3 is 0 Å². The van der Waals surface area contributed by atoms with Crippen LogP contribution in [0.5, 0.6) is 0 Å². The molecule has 1 aromatic rings. The standard InChI is InChI=1S/C8H6BrF2N/c9-4-8(12)5-1-6(10)3-7(11)2-5/h1-3,12H,4H2. The van der Waals surface area contributed by atoms with Gasteiger partial charge in [-0.2, -0.15) is 0 Å². The molecule has 0 fully saturated rings.